The maximum Gasteiger partial charge on any atom is 0.326 e. The number of aliphatic carboxylic acids is 1. The van der Waals surface area contributed by atoms with Crippen molar-refractivity contribution in [1.29, 1.82) is 0 Å². The summed E-state index contributed by atoms with van der Waals surface area (Å²) in [6, 6.07) is -4.33. The molecule has 0 fully saturated rings. The number of aromatic nitrogens is 2. The summed E-state index contributed by atoms with van der Waals surface area (Å²) in [5.41, 5.74) is 22.5. The highest BCUT2D eigenvalue weighted by molar-refractivity contribution is 7.80. The van der Waals surface area contributed by atoms with Crippen molar-refractivity contribution in [2.45, 2.75) is 62.7 Å². The van der Waals surface area contributed by atoms with Gasteiger partial charge in [0.15, 0.2) is 5.96 Å². The Kier molecular flexibility index (Phi) is 14.7. The van der Waals surface area contributed by atoms with E-state index >= 15 is 0 Å². The molecule has 0 aromatic carbocycles. The summed E-state index contributed by atoms with van der Waals surface area (Å²) < 4.78 is 0. The number of carboxylic acids is 1. The fourth-order valence-corrected chi connectivity index (χ4v) is 3.50. The van der Waals surface area contributed by atoms with Crippen LogP contribution in [-0.2, 0) is 25.6 Å². The maximum atomic E-state index is 13.1. The number of H-pyrrole nitrogens is 1. The van der Waals surface area contributed by atoms with Gasteiger partial charge in [0.05, 0.1) is 12.4 Å². The summed E-state index contributed by atoms with van der Waals surface area (Å²) in [5, 5.41) is 17.0. The molecule has 1 heterocycles. The SMILES string of the molecule is NCCCCC(N)C(=O)NC(Cc1cnc[nH]1)C(=O)NC(CS)C(=O)NC(CCCN=C(N)N)C(=O)O. The molecule has 16 heteroatoms. The van der Waals surface area contributed by atoms with Crippen molar-refractivity contribution in [3.05, 3.63) is 18.2 Å². The highest BCUT2D eigenvalue weighted by Gasteiger charge is 2.30. The predicted molar refractivity (Wildman–Crippen MR) is 140 cm³/mol. The number of carbonyl (C=O) groups is 4. The Morgan fingerprint density at radius 3 is 2.22 bits per heavy atom. The van der Waals surface area contributed by atoms with Gasteiger partial charge in [0.1, 0.15) is 18.1 Å². The average molecular weight is 543 g/mol. The number of aromatic amines is 1. The molecule has 15 nitrogen and oxygen atoms in total. The van der Waals surface area contributed by atoms with E-state index in [2.05, 4.69) is 43.5 Å². The van der Waals surface area contributed by atoms with Gasteiger partial charge >= 0.3 is 5.97 Å². The molecule has 0 aliphatic carbocycles. The van der Waals surface area contributed by atoms with Crippen LogP contribution in [0.3, 0.4) is 0 Å². The number of aliphatic imine (C=N–C) groups is 1. The number of thiol groups is 1. The molecule has 1 aromatic rings. The lowest BCUT2D eigenvalue weighted by Gasteiger charge is -2.24. The Hall–Kier alpha value is -3.37. The van der Waals surface area contributed by atoms with Crippen LogP contribution in [0.15, 0.2) is 17.5 Å². The van der Waals surface area contributed by atoms with Crippen molar-refractivity contribution in [2.24, 2.45) is 27.9 Å². The van der Waals surface area contributed by atoms with E-state index < -0.39 is 47.9 Å². The molecular formula is C21H38N10O5S. The summed E-state index contributed by atoms with van der Waals surface area (Å²) in [7, 11) is 0. The van der Waals surface area contributed by atoms with Crippen LogP contribution in [0.4, 0.5) is 0 Å². The molecule has 0 radical (unpaired) electrons. The molecule has 1 rings (SSSR count). The van der Waals surface area contributed by atoms with E-state index in [0.29, 0.717) is 37.9 Å². The van der Waals surface area contributed by atoms with Gasteiger partial charge in [-0.15, -0.1) is 0 Å². The summed E-state index contributed by atoms with van der Waals surface area (Å²) >= 11 is 4.12. The molecule has 0 saturated heterocycles. The van der Waals surface area contributed by atoms with E-state index in [-0.39, 0.29) is 31.1 Å². The molecule has 4 atom stereocenters. The number of rotatable bonds is 18. The van der Waals surface area contributed by atoms with E-state index in [9.17, 15) is 24.3 Å². The van der Waals surface area contributed by atoms with Crippen LogP contribution in [0.5, 0.6) is 0 Å². The molecule has 208 valence electrons. The number of hydrogen-bond acceptors (Lipinski definition) is 9. The molecular weight excluding hydrogens is 504 g/mol. The molecule has 0 bridgehead atoms. The first-order valence-electron chi connectivity index (χ1n) is 11.8. The second-order valence-corrected chi connectivity index (χ2v) is 8.69. The van der Waals surface area contributed by atoms with Gasteiger partial charge in [-0.3, -0.25) is 19.4 Å². The number of nitrogens with zero attached hydrogens (tertiary/aromatic N) is 2. The Balaban J connectivity index is 2.85. The number of imidazole rings is 1. The van der Waals surface area contributed by atoms with Crippen LogP contribution in [-0.4, -0.2) is 87.7 Å². The molecule has 37 heavy (non-hydrogen) atoms. The minimum Gasteiger partial charge on any atom is -0.480 e. The predicted octanol–water partition coefficient (Wildman–Crippen LogP) is -3.07. The molecule has 4 unspecified atom stereocenters. The molecule has 13 N–H and O–H groups in total. The zero-order valence-electron chi connectivity index (χ0n) is 20.6. The van der Waals surface area contributed by atoms with Gasteiger partial charge in [-0.05, 0) is 32.2 Å². The number of hydrogen-bond donors (Lipinski definition) is 10. The smallest absolute Gasteiger partial charge is 0.326 e. The van der Waals surface area contributed by atoms with E-state index in [1.54, 1.807) is 0 Å². The number of nitrogens with two attached hydrogens (primary N) is 4. The second-order valence-electron chi connectivity index (χ2n) is 8.33. The van der Waals surface area contributed by atoms with Crippen LogP contribution in [0, 0.1) is 0 Å². The van der Waals surface area contributed by atoms with E-state index in [0.717, 1.165) is 0 Å². The summed E-state index contributed by atoms with van der Waals surface area (Å²) in [5.74, 6) is -3.46. The topological polar surface area (TPSA) is 270 Å². The van der Waals surface area contributed by atoms with Gasteiger partial charge < -0.3 is 49.0 Å². The first kappa shape index (κ1) is 31.7. The van der Waals surface area contributed by atoms with Crippen molar-refractivity contribution in [3.8, 4) is 0 Å². The lowest BCUT2D eigenvalue weighted by atomic mass is 10.1. The van der Waals surface area contributed by atoms with Crippen LogP contribution in [0.2, 0.25) is 0 Å². The number of carbonyl (C=O) groups excluding carboxylic acids is 3. The van der Waals surface area contributed by atoms with Gasteiger partial charge in [0.2, 0.25) is 17.7 Å². The van der Waals surface area contributed by atoms with Gasteiger partial charge in [-0.1, -0.05) is 6.42 Å². The highest BCUT2D eigenvalue weighted by atomic mass is 32.1. The highest BCUT2D eigenvalue weighted by Crippen LogP contribution is 2.05. The molecule has 0 aliphatic rings. The van der Waals surface area contributed by atoms with Crippen molar-refractivity contribution in [1.82, 2.24) is 25.9 Å². The first-order valence-corrected chi connectivity index (χ1v) is 12.4. The third-order valence-electron chi connectivity index (χ3n) is 5.29. The van der Waals surface area contributed by atoms with Crippen LogP contribution in [0.25, 0.3) is 0 Å². The summed E-state index contributed by atoms with van der Waals surface area (Å²) in [6.07, 6.45) is 5.09. The molecule has 1 aromatic heterocycles. The number of guanidine groups is 1. The minimum absolute atomic E-state index is 0.0521. The van der Waals surface area contributed by atoms with Crippen molar-refractivity contribution >= 4 is 42.3 Å². The van der Waals surface area contributed by atoms with Gasteiger partial charge in [0.25, 0.3) is 0 Å². The minimum atomic E-state index is -1.25. The fourth-order valence-electron chi connectivity index (χ4n) is 3.24. The first-order chi connectivity index (χ1) is 17.6. The lowest BCUT2D eigenvalue weighted by Crippen LogP contribution is -2.58. The fraction of sp³-hybridized carbons (Fsp3) is 0.619. The Morgan fingerprint density at radius 1 is 1.00 bits per heavy atom. The van der Waals surface area contributed by atoms with Crippen molar-refractivity contribution in [3.63, 3.8) is 0 Å². The third-order valence-corrected chi connectivity index (χ3v) is 5.66. The number of amides is 3. The zero-order chi connectivity index (χ0) is 27.8. The van der Waals surface area contributed by atoms with E-state index in [1.165, 1.54) is 12.5 Å². The van der Waals surface area contributed by atoms with Crippen LogP contribution in [0.1, 0.15) is 37.8 Å². The second kappa shape index (κ2) is 17.1. The molecule has 0 saturated carbocycles. The van der Waals surface area contributed by atoms with Crippen molar-refractivity contribution in [2.75, 3.05) is 18.8 Å². The molecule has 0 spiro atoms. The largest absolute Gasteiger partial charge is 0.480 e. The monoisotopic (exact) mass is 542 g/mol. The third kappa shape index (κ3) is 12.4. The quantitative estimate of drug-likeness (QED) is 0.0387. The Labute approximate surface area is 220 Å². The average Bonchev–Trinajstić information content (AvgIpc) is 3.36. The molecule has 0 aliphatic heterocycles. The lowest BCUT2D eigenvalue weighted by molar-refractivity contribution is -0.142. The number of carboxylic acid groups (broad SMARTS) is 1. The standard InChI is InChI=1S/C21H38N10O5S/c22-6-2-1-4-13(23)17(32)30-15(8-12-9-26-11-28-12)18(33)31-16(10-37)19(34)29-14(20(35)36)5-3-7-27-21(24)25/h9,11,13-16,37H,1-8,10,22-23H2,(H,26,28)(H,29,34)(H,30,32)(H,31,33)(H,35,36)(H4,24,25,27). The molecule has 3 amide bonds. The summed E-state index contributed by atoms with van der Waals surface area (Å²) in [4.78, 5) is 60.5. The maximum absolute atomic E-state index is 13.1. The van der Waals surface area contributed by atoms with Crippen LogP contribution < -0.4 is 38.9 Å². The van der Waals surface area contributed by atoms with Gasteiger partial charge in [-0.2, -0.15) is 12.6 Å². The normalized spacial score (nSPS) is 14.0. The Bertz CT molecular complexity index is 894. The van der Waals surface area contributed by atoms with Crippen molar-refractivity contribution < 1.29 is 24.3 Å². The Morgan fingerprint density at radius 2 is 1.65 bits per heavy atom. The van der Waals surface area contributed by atoms with Gasteiger partial charge in [-0.25, -0.2) is 9.78 Å². The summed E-state index contributed by atoms with van der Waals surface area (Å²) in [6.45, 7) is 0.670. The number of unbranched alkanes of at least 4 members (excludes halogenated alkanes) is 1. The van der Waals surface area contributed by atoms with E-state index in [4.69, 9.17) is 22.9 Å². The zero-order valence-corrected chi connectivity index (χ0v) is 21.5. The van der Waals surface area contributed by atoms with Gasteiger partial charge in [0, 0.05) is 30.6 Å². The van der Waals surface area contributed by atoms with E-state index in [1.807, 2.05) is 0 Å². The number of nitrogens with one attached hydrogen (secondary N) is 4. The van der Waals surface area contributed by atoms with Crippen LogP contribution >= 0.6 is 12.6 Å².